The van der Waals surface area contributed by atoms with Crippen molar-refractivity contribution in [2.24, 2.45) is 0 Å². The molecule has 2 heterocycles. The van der Waals surface area contributed by atoms with Crippen molar-refractivity contribution in [2.45, 2.75) is 13.0 Å². The molecule has 0 aliphatic rings. The van der Waals surface area contributed by atoms with Crippen LogP contribution in [0.2, 0.25) is 0 Å². The summed E-state index contributed by atoms with van der Waals surface area (Å²) in [6, 6.07) is 17.8. The average molecular weight is 347 g/mol. The van der Waals surface area contributed by atoms with E-state index < -0.39 is 0 Å². The Labute approximate surface area is 149 Å². The van der Waals surface area contributed by atoms with Crippen molar-refractivity contribution in [3.8, 4) is 0 Å². The molecule has 0 saturated carbocycles. The van der Waals surface area contributed by atoms with Crippen LogP contribution in [-0.2, 0) is 0 Å². The van der Waals surface area contributed by atoms with E-state index in [0.29, 0.717) is 5.56 Å². The summed E-state index contributed by atoms with van der Waals surface area (Å²) in [5.41, 5.74) is 3.62. The fourth-order valence-corrected chi connectivity index (χ4v) is 3.70. The van der Waals surface area contributed by atoms with Crippen molar-refractivity contribution in [2.75, 3.05) is 0 Å². The number of fused-ring (bicyclic) bond motifs is 1. The van der Waals surface area contributed by atoms with Crippen LogP contribution in [0.25, 0.3) is 10.9 Å². The molecule has 4 aromatic rings. The SMILES string of the molecule is Cc1ccc(C(NC(=O)c2cccc3cn[nH]c23)c2cccs2)cc1. The van der Waals surface area contributed by atoms with Gasteiger partial charge in [0.05, 0.1) is 23.3 Å². The molecular weight excluding hydrogens is 330 g/mol. The molecule has 5 heteroatoms. The van der Waals surface area contributed by atoms with Crippen molar-refractivity contribution < 1.29 is 4.79 Å². The van der Waals surface area contributed by atoms with Crippen molar-refractivity contribution in [3.63, 3.8) is 0 Å². The third-order valence-electron chi connectivity index (χ3n) is 4.24. The number of H-pyrrole nitrogens is 1. The number of hydrogen-bond acceptors (Lipinski definition) is 3. The number of carbonyl (C=O) groups is 1. The van der Waals surface area contributed by atoms with Gasteiger partial charge in [0.15, 0.2) is 0 Å². The zero-order chi connectivity index (χ0) is 17.2. The van der Waals surface area contributed by atoms with Crippen LogP contribution in [0, 0.1) is 6.92 Å². The van der Waals surface area contributed by atoms with Crippen molar-refractivity contribution >= 4 is 28.1 Å². The lowest BCUT2D eigenvalue weighted by Gasteiger charge is -2.18. The van der Waals surface area contributed by atoms with Crippen LogP contribution in [0.5, 0.6) is 0 Å². The van der Waals surface area contributed by atoms with E-state index in [4.69, 9.17) is 0 Å². The molecule has 0 radical (unpaired) electrons. The van der Waals surface area contributed by atoms with Crippen LogP contribution < -0.4 is 5.32 Å². The number of carbonyl (C=O) groups excluding carboxylic acids is 1. The lowest BCUT2D eigenvalue weighted by Crippen LogP contribution is -2.29. The minimum atomic E-state index is -0.175. The number of benzene rings is 2. The number of hydrogen-bond donors (Lipinski definition) is 2. The summed E-state index contributed by atoms with van der Waals surface area (Å²) in [5.74, 6) is -0.117. The topological polar surface area (TPSA) is 57.8 Å². The Morgan fingerprint density at radius 2 is 1.96 bits per heavy atom. The largest absolute Gasteiger partial charge is 0.340 e. The number of amides is 1. The van der Waals surface area contributed by atoms with E-state index >= 15 is 0 Å². The van der Waals surface area contributed by atoms with Crippen LogP contribution in [0.4, 0.5) is 0 Å². The second kappa shape index (κ2) is 6.53. The summed E-state index contributed by atoms with van der Waals surface area (Å²) in [6.07, 6.45) is 1.73. The summed E-state index contributed by atoms with van der Waals surface area (Å²) in [5, 5.41) is 13.1. The quantitative estimate of drug-likeness (QED) is 0.573. The first-order valence-electron chi connectivity index (χ1n) is 8.05. The van der Waals surface area contributed by atoms with Gasteiger partial charge in [0.2, 0.25) is 0 Å². The molecule has 124 valence electrons. The molecule has 0 spiro atoms. The van der Waals surface area contributed by atoms with Crippen molar-refractivity contribution in [3.05, 3.63) is 87.7 Å². The normalized spacial score (nSPS) is 12.2. The summed E-state index contributed by atoms with van der Waals surface area (Å²) < 4.78 is 0. The fraction of sp³-hybridized carbons (Fsp3) is 0.100. The molecule has 2 N–H and O–H groups in total. The summed E-state index contributed by atoms with van der Waals surface area (Å²) in [4.78, 5) is 14.1. The molecule has 2 aromatic carbocycles. The Morgan fingerprint density at radius 3 is 2.72 bits per heavy atom. The maximum Gasteiger partial charge on any atom is 0.254 e. The van der Waals surface area contributed by atoms with Gasteiger partial charge in [-0.15, -0.1) is 11.3 Å². The minimum absolute atomic E-state index is 0.117. The highest BCUT2D eigenvalue weighted by Crippen LogP contribution is 2.27. The molecule has 25 heavy (non-hydrogen) atoms. The van der Waals surface area contributed by atoms with Gasteiger partial charge in [0, 0.05) is 10.3 Å². The maximum atomic E-state index is 12.9. The van der Waals surface area contributed by atoms with Gasteiger partial charge in [-0.2, -0.15) is 5.10 Å². The van der Waals surface area contributed by atoms with Crippen molar-refractivity contribution in [1.29, 1.82) is 0 Å². The van der Waals surface area contributed by atoms with Crippen LogP contribution in [0.1, 0.15) is 32.4 Å². The molecule has 2 aromatic heterocycles. The third-order valence-corrected chi connectivity index (χ3v) is 5.17. The van der Waals surface area contributed by atoms with E-state index in [1.54, 1.807) is 17.5 Å². The fourth-order valence-electron chi connectivity index (χ4n) is 2.90. The number of aryl methyl sites for hydroxylation is 1. The van der Waals surface area contributed by atoms with Gasteiger partial charge in [-0.1, -0.05) is 48.0 Å². The van der Waals surface area contributed by atoms with Crippen molar-refractivity contribution in [1.82, 2.24) is 15.5 Å². The number of para-hydroxylation sites is 1. The van der Waals surface area contributed by atoms with E-state index in [9.17, 15) is 4.79 Å². The smallest absolute Gasteiger partial charge is 0.254 e. The van der Waals surface area contributed by atoms with E-state index in [1.165, 1.54) is 5.56 Å². The molecule has 1 unspecified atom stereocenters. The molecule has 4 nitrogen and oxygen atoms in total. The monoisotopic (exact) mass is 347 g/mol. The van der Waals surface area contributed by atoms with Crippen LogP contribution in [0.15, 0.2) is 66.2 Å². The van der Waals surface area contributed by atoms with Gasteiger partial charge in [0.1, 0.15) is 0 Å². The van der Waals surface area contributed by atoms with E-state index in [1.807, 2.05) is 35.7 Å². The summed E-state index contributed by atoms with van der Waals surface area (Å²) in [7, 11) is 0. The molecule has 0 saturated heterocycles. The molecule has 0 bridgehead atoms. The predicted octanol–water partition coefficient (Wildman–Crippen LogP) is 4.45. The average Bonchev–Trinajstić information content (AvgIpc) is 3.31. The molecule has 0 aliphatic carbocycles. The summed E-state index contributed by atoms with van der Waals surface area (Å²) in [6.45, 7) is 2.06. The third kappa shape index (κ3) is 3.06. The standard InChI is InChI=1S/C20H17N3OS/c1-13-7-9-14(10-8-13)19(17-6-3-11-25-17)22-20(24)16-5-2-4-15-12-21-23-18(15)16/h2-12,19H,1H3,(H,21,23)(H,22,24). The minimum Gasteiger partial charge on any atom is -0.340 e. The van der Waals surface area contributed by atoms with Gasteiger partial charge in [0.25, 0.3) is 5.91 Å². The van der Waals surface area contributed by atoms with Gasteiger partial charge in [-0.3, -0.25) is 9.89 Å². The highest BCUT2D eigenvalue weighted by Gasteiger charge is 2.20. The number of aromatic amines is 1. The first-order chi connectivity index (χ1) is 12.2. The highest BCUT2D eigenvalue weighted by molar-refractivity contribution is 7.10. The molecule has 0 aliphatic heterocycles. The molecule has 4 rings (SSSR count). The first kappa shape index (κ1) is 15.6. The zero-order valence-corrected chi connectivity index (χ0v) is 14.5. The van der Waals surface area contributed by atoms with Crippen LogP contribution in [-0.4, -0.2) is 16.1 Å². The second-order valence-electron chi connectivity index (χ2n) is 5.97. The van der Waals surface area contributed by atoms with Gasteiger partial charge < -0.3 is 5.32 Å². The molecule has 0 fully saturated rings. The lowest BCUT2D eigenvalue weighted by molar-refractivity contribution is 0.0945. The maximum absolute atomic E-state index is 12.9. The van der Waals surface area contributed by atoms with Crippen LogP contribution in [0.3, 0.4) is 0 Å². The number of thiophene rings is 1. The van der Waals surface area contributed by atoms with E-state index in [-0.39, 0.29) is 11.9 Å². The Morgan fingerprint density at radius 1 is 1.12 bits per heavy atom. The molecular formula is C20H17N3OS. The number of rotatable bonds is 4. The van der Waals surface area contributed by atoms with Gasteiger partial charge in [-0.05, 0) is 30.0 Å². The Kier molecular flexibility index (Phi) is 4.07. The van der Waals surface area contributed by atoms with Gasteiger partial charge >= 0.3 is 0 Å². The Bertz CT molecular complexity index is 1000. The predicted molar refractivity (Wildman–Crippen MR) is 101 cm³/mol. The van der Waals surface area contributed by atoms with Gasteiger partial charge in [-0.25, -0.2) is 0 Å². The summed E-state index contributed by atoms with van der Waals surface area (Å²) >= 11 is 1.64. The Hall–Kier alpha value is -2.92. The highest BCUT2D eigenvalue weighted by atomic mass is 32.1. The first-order valence-corrected chi connectivity index (χ1v) is 8.93. The van der Waals surface area contributed by atoms with E-state index in [2.05, 4.69) is 46.7 Å². The lowest BCUT2D eigenvalue weighted by atomic mass is 10.0. The number of nitrogens with one attached hydrogen (secondary N) is 2. The van der Waals surface area contributed by atoms with Crippen LogP contribution >= 0.6 is 11.3 Å². The number of aromatic nitrogens is 2. The molecule has 1 amide bonds. The zero-order valence-electron chi connectivity index (χ0n) is 13.7. The Balaban J connectivity index is 1.70. The number of nitrogens with zero attached hydrogens (tertiary/aromatic N) is 1. The second-order valence-corrected chi connectivity index (χ2v) is 6.95. The van der Waals surface area contributed by atoms with E-state index in [0.717, 1.165) is 21.3 Å². The molecule has 1 atom stereocenters.